The van der Waals surface area contributed by atoms with Crippen LogP contribution in [0.25, 0.3) is 0 Å². The minimum Gasteiger partial charge on any atom is -0.493 e. The number of aromatic amines is 1. The van der Waals surface area contributed by atoms with Crippen LogP contribution in [0.15, 0.2) is 24.5 Å². The first-order chi connectivity index (χ1) is 15.7. The first kappa shape index (κ1) is 28.6. The molecular weight excluding hydrogens is 479 g/mol. The van der Waals surface area contributed by atoms with E-state index in [4.69, 9.17) is 9.47 Å². The first-order valence-corrected chi connectivity index (χ1v) is 11.7. The molecule has 0 amide bonds. The van der Waals surface area contributed by atoms with Gasteiger partial charge in [-0.05, 0) is 63.1 Å². The summed E-state index contributed by atoms with van der Waals surface area (Å²) in [5.41, 5.74) is 1.21. The van der Waals surface area contributed by atoms with Gasteiger partial charge in [0.05, 0.1) is 7.11 Å². The van der Waals surface area contributed by atoms with Gasteiger partial charge in [-0.2, -0.15) is 5.10 Å². The van der Waals surface area contributed by atoms with Crippen LogP contribution < -0.4 is 14.8 Å². The molecule has 1 unspecified atom stereocenters. The fourth-order valence-electron chi connectivity index (χ4n) is 4.58. The van der Waals surface area contributed by atoms with Crippen molar-refractivity contribution < 1.29 is 14.6 Å². The number of β-amino-alcohol motifs (C(OH)–C–C–N with tert-alkyl or cyclic N) is 1. The third kappa shape index (κ3) is 8.25. The zero-order valence-corrected chi connectivity index (χ0v) is 21.5. The number of hydrogen-bond donors (Lipinski definition) is 3. The lowest BCUT2D eigenvalue weighted by atomic mass is 9.96. The topological polar surface area (TPSA) is 98.8 Å². The van der Waals surface area contributed by atoms with Gasteiger partial charge in [0, 0.05) is 32.1 Å². The second-order valence-corrected chi connectivity index (χ2v) is 8.78. The molecule has 9 nitrogen and oxygen atoms in total. The van der Waals surface area contributed by atoms with Crippen molar-refractivity contribution in [3.05, 3.63) is 35.9 Å². The van der Waals surface area contributed by atoms with E-state index in [-0.39, 0.29) is 31.4 Å². The van der Waals surface area contributed by atoms with Gasteiger partial charge in [0.1, 0.15) is 24.9 Å². The molecule has 0 saturated carbocycles. The van der Waals surface area contributed by atoms with Crippen LogP contribution in [0.3, 0.4) is 0 Å². The zero-order chi connectivity index (χ0) is 22.2. The molecule has 0 radical (unpaired) electrons. The molecule has 0 aliphatic carbocycles. The Bertz CT molecular complexity index is 813. The zero-order valence-electron chi connectivity index (χ0n) is 19.8. The van der Waals surface area contributed by atoms with Crippen LogP contribution in [-0.2, 0) is 6.54 Å². The average Bonchev–Trinajstić information content (AvgIpc) is 3.24. The summed E-state index contributed by atoms with van der Waals surface area (Å²) in [5.74, 6) is 2.79. The number of rotatable bonds is 9. The van der Waals surface area contributed by atoms with E-state index in [0.29, 0.717) is 18.2 Å². The highest BCUT2D eigenvalue weighted by Crippen LogP contribution is 2.29. The molecule has 0 spiro atoms. The molecule has 1 atom stereocenters. The smallest absolute Gasteiger partial charge is 0.161 e. The van der Waals surface area contributed by atoms with Gasteiger partial charge in [0.2, 0.25) is 0 Å². The van der Waals surface area contributed by atoms with Gasteiger partial charge >= 0.3 is 0 Å². The number of ether oxygens (including phenoxy) is 2. The quantitative estimate of drug-likeness (QED) is 0.465. The molecular formula is C23H38Cl2N6O3. The monoisotopic (exact) mass is 516 g/mol. The maximum absolute atomic E-state index is 10.5. The third-order valence-corrected chi connectivity index (χ3v) is 6.38. The van der Waals surface area contributed by atoms with E-state index in [2.05, 4.69) is 36.4 Å². The number of nitrogens with one attached hydrogen (secondary N) is 2. The highest BCUT2D eigenvalue weighted by Gasteiger charge is 2.24. The van der Waals surface area contributed by atoms with Crippen molar-refractivity contribution in [3.8, 4) is 11.5 Å². The van der Waals surface area contributed by atoms with Crippen LogP contribution in [0.2, 0.25) is 0 Å². The molecule has 2 saturated heterocycles. The number of methoxy groups -OCH3 is 1. The number of aromatic nitrogens is 3. The molecule has 2 aromatic rings. The Labute approximate surface area is 214 Å². The summed E-state index contributed by atoms with van der Waals surface area (Å²) in [6, 6.07) is 6.10. The van der Waals surface area contributed by atoms with Gasteiger partial charge < -0.3 is 24.8 Å². The summed E-state index contributed by atoms with van der Waals surface area (Å²) in [6.45, 7) is 7.92. The van der Waals surface area contributed by atoms with Gasteiger partial charge in [-0.3, -0.25) is 10.00 Å². The summed E-state index contributed by atoms with van der Waals surface area (Å²) in [5, 5.41) is 20.9. The van der Waals surface area contributed by atoms with Gasteiger partial charge in [0.15, 0.2) is 11.5 Å². The number of halogens is 2. The Balaban J connectivity index is 0.00000204. The Kier molecular flexibility index (Phi) is 12.4. The minimum atomic E-state index is -0.550. The first-order valence-electron chi connectivity index (χ1n) is 11.7. The Morgan fingerprint density at radius 1 is 1.09 bits per heavy atom. The van der Waals surface area contributed by atoms with Crippen molar-refractivity contribution in [2.24, 2.45) is 0 Å². The van der Waals surface area contributed by atoms with Crippen LogP contribution in [-0.4, -0.2) is 95.7 Å². The fraction of sp³-hybridized carbons (Fsp3) is 0.652. The van der Waals surface area contributed by atoms with E-state index in [1.54, 1.807) is 13.4 Å². The molecule has 4 rings (SSSR count). The number of H-pyrrole nitrogens is 1. The predicted molar refractivity (Wildman–Crippen MR) is 137 cm³/mol. The lowest BCUT2D eigenvalue weighted by Gasteiger charge is -2.32. The van der Waals surface area contributed by atoms with Crippen LogP contribution in [0.5, 0.6) is 11.5 Å². The molecule has 1 aromatic heterocycles. The number of aliphatic hydroxyl groups excluding tert-OH is 1. The van der Waals surface area contributed by atoms with Gasteiger partial charge in [0.25, 0.3) is 0 Å². The van der Waals surface area contributed by atoms with E-state index < -0.39 is 6.10 Å². The molecule has 3 N–H and O–H groups in total. The van der Waals surface area contributed by atoms with E-state index in [1.807, 2.05) is 12.1 Å². The number of hydrogen-bond acceptors (Lipinski definition) is 8. The van der Waals surface area contributed by atoms with Crippen LogP contribution >= 0.6 is 24.8 Å². The lowest BCUT2D eigenvalue weighted by Crippen LogP contribution is -2.40. The predicted octanol–water partition coefficient (Wildman–Crippen LogP) is 2.07. The molecule has 2 fully saturated rings. The summed E-state index contributed by atoms with van der Waals surface area (Å²) in [6.07, 6.45) is 4.23. The largest absolute Gasteiger partial charge is 0.493 e. The van der Waals surface area contributed by atoms with Crippen LogP contribution in [0.1, 0.15) is 36.6 Å². The maximum atomic E-state index is 10.5. The molecule has 192 valence electrons. The molecule has 34 heavy (non-hydrogen) atoms. The van der Waals surface area contributed by atoms with Crippen molar-refractivity contribution >= 4 is 24.8 Å². The molecule has 1 aromatic carbocycles. The highest BCUT2D eigenvalue weighted by molar-refractivity contribution is 5.85. The molecule has 2 aliphatic rings. The van der Waals surface area contributed by atoms with Crippen molar-refractivity contribution in [2.75, 3.05) is 59.5 Å². The SMILES string of the molecule is COc1cc(CN2CCCNCC2)ccc1OCC(O)CN1CCC(c2ncn[nH]2)CC1.Cl.Cl. The van der Waals surface area contributed by atoms with E-state index >= 15 is 0 Å². The number of benzene rings is 1. The van der Waals surface area contributed by atoms with Crippen LogP contribution in [0, 0.1) is 0 Å². The van der Waals surface area contributed by atoms with Gasteiger partial charge in [-0.25, -0.2) is 4.98 Å². The number of nitrogens with zero attached hydrogens (tertiary/aromatic N) is 4. The molecule has 11 heteroatoms. The third-order valence-electron chi connectivity index (χ3n) is 6.38. The summed E-state index contributed by atoms with van der Waals surface area (Å²) < 4.78 is 11.5. The number of likely N-dealkylation sites (tertiary alicyclic amines) is 1. The van der Waals surface area contributed by atoms with Crippen molar-refractivity contribution in [1.82, 2.24) is 30.3 Å². The van der Waals surface area contributed by atoms with E-state index in [9.17, 15) is 5.11 Å². The van der Waals surface area contributed by atoms with Crippen molar-refractivity contribution in [2.45, 2.75) is 37.8 Å². The van der Waals surface area contributed by atoms with Gasteiger partial charge in [-0.15, -0.1) is 24.8 Å². The molecule has 2 aliphatic heterocycles. The Hall–Kier alpha value is -1.62. The highest BCUT2D eigenvalue weighted by atomic mass is 35.5. The van der Waals surface area contributed by atoms with Crippen molar-refractivity contribution in [1.29, 1.82) is 0 Å². The standard InChI is InChI=1S/C23H36N6O3.2ClH/c1-31-22-13-18(14-28-9-2-7-24-8-12-28)3-4-21(22)32-16-20(30)15-29-10-5-19(6-11-29)23-25-17-26-27-23;;/h3-4,13,17,19-20,24,30H,2,5-12,14-16H2,1H3,(H,25,26,27);2*1H. The normalized spacial score (nSPS) is 18.9. The maximum Gasteiger partial charge on any atom is 0.161 e. The van der Waals surface area contributed by atoms with Crippen LogP contribution in [0.4, 0.5) is 0 Å². The fourth-order valence-corrected chi connectivity index (χ4v) is 4.58. The summed E-state index contributed by atoms with van der Waals surface area (Å²) >= 11 is 0. The molecule has 3 heterocycles. The second-order valence-electron chi connectivity index (χ2n) is 8.78. The summed E-state index contributed by atoms with van der Waals surface area (Å²) in [4.78, 5) is 9.03. The average molecular weight is 518 g/mol. The molecule has 0 bridgehead atoms. The Morgan fingerprint density at radius 3 is 2.65 bits per heavy atom. The Morgan fingerprint density at radius 2 is 1.91 bits per heavy atom. The van der Waals surface area contributed by atoms with Gasteiger partial charge in [-0.1, -0.05) is 6.07 Å². The summed E-state index contributed by atoms with van der Waals surface area (Å²) in [7, 11) is 1.66. The lowest BCUT2D eigenvalue weighted by molar-refractivity contribution is 0.0582. The second kappa shape index (κ2) is 14.7. The van der Waals surface area contributed by atoms with E-state index in [0.717, 1.165) is 70.2 Å². The minimum absolute atomic E-state index is 0. The number of aliphatic hydroxyl groups is 1. The number of piperidine rings is 1. The van der Waals surface area contributed by atoms with E-state index in [1.165, 1.54) is 12.0 Å². The van der Waals surface area contributed by atoms with Crippen molar-refractivity contribution in [3.63, 3.8) is 0 Å².